The molecule has 1 aromatic carbocycles. The topological polar surface area (TPSA) is 63.8 Å². The maximum absolute atomic E-state index is 13.4. The average molecular weight is 239 g/mol. The fourth-order valence-electron chi connectivity index (χ4n) is 1.19. The molecule has 2 aromatic rings. The molecule has 4 nitrogen and oxygen atoms in total. The number of benzene rings is 1. The maximum Gasteiger partial charge on any atom is 0.151 e. The van der Waals surface area contributed by atoms with Crippen LogP contribution in [0.4, 0.5) is 21.7 Å². The van der Waals surface area contributed by atoms with Crippen molar-refractivity contribution >= 4 is 28.9 Å². The van der Waals surface area contributed by atoms with E-state index in [4.69, 9.17) is 17.3 Å². The molecule has 6 heteroatoms. The third-order valence-corrected chi connectivity index (χ3v) is 2.18. The van der Waals surface area contributed by atoms with E-state index in [1.54, 1.807) is 6.07 Å². The predicted octanol–water partition coefficient (Wildman–Crippen LogP) is 2.59. The van der Waals surface area contributed by atoms with Gasteiger partial charge in [0.2, 0.25) is 0 Å². The van der Waals surface area contributed by atoms with Crippen LogP contribution in [-0.2, 0) is 0 Å². The molecule has 82 valence electrons. The summed E-state index contributed by atoms with van der Waals surface area (Å²) in [5.41, 5.74) is 5.60. The molecule has 0 amide bonds. The Morgan fingerprint density at radius 1 is 1.31 bits per heavy atom. The number of aromatic nitrogens is 2. The van der Waals surface area contributed by atoms with Crippen molar-refractivity contribution in [2.24, 2.45) is 0 Å². The van der Waals surface area contributed by atoms with Crippen LogP contribution in [0.5, 0.6) is 0 Å². The number of nitrogens with one attached hydrogen (secondary N) is 1. The van der Waals surface area contributed by atoms with Gasteiger partial charge < -0.3 is 11.1 Å². The highest BCUT2D eigenvalue weighted by Crippen LogP contribution is 2.27. The summed E-state index contributed by atoms with van der Waals surface area (Å²) in [6, 6.07) is 4.40. The second-order valence-corrected chi connectivity index (χ2v) is 3.46. The number of para-hydroxylation sites is 1. The molecule has 0 unspecified atom stereocenters. The molecule has 3 N–H and O–H groups in total. The maximum atomic E-state index is 13.4. The Kier molecular flexibility index (Phi) is 2.87. The molecule has 0 atom stereocenters. The monoisotopic (exact) mass is 238 g/mol. The molecule has 16 heavy (non-hydrogen) atoms. The van der Waals surface area contributed by atoms with Crippen LogP contribution in [0.1, 0.15) is 0 Å². The van der Waals surface area contributed by atoms with Gasteiger partial charge in [0.1, 0.15) is 11.6 Å². The number of hydrogen-bond acceptors (Lipinski definition) is 4. The Morgan fingerprint density at radius 2 is 2.12 bits per heavy atom. The van der Waals surface area contributed by atoms with E-state index in [-0.39, 0.29) is 16.5 Å². The summed E-state index contributed by atoms with van der Waals surface area (Å²) in [6.07, 6.45) is 2.83. The molecule has 0 saturated heterocycles. The molecule has 0 fully saturated rings. The van der Waals surface area contributed by atoms with Crippen molar-refractivity contribution in [2.45, 2.75) is 0 Å². The van der Waals surface area contributed by atoms with Crippen LogP contribution >= 0.6 is 11.6 Å². The standard InChI is InChI=1S/C10H8ClFN4/c11-6-2-1-3-7(12)10(6)16-9-5-14-4-8(13)15-9/h1-5H,(H3,13,15,16). The van der Waals surface area contributed by atoms with E-state index < -0.39 is 5.82 Å². The molecule has 2 rings (SSSR count). The van der Waals surface area contributed by atoms with Gasteiger partial charge in [-0.2, -0.15) is 0 Å². The summed E-state index contributed by atoms with van der Waals surface area (Å²) < 4.78 is 13.4. The Hall–Kier alpha value is -1.88. The molecule has 0 aliphatic rings. The van der Waals surface area contributed by atoms with Crippen LogP contribution in [0, 0.1) is 5.82 Å². The number of nitrogens with zero attached hydrogens (tertiary/aromatic N) is 2. The van der Waals surface area contributed by atoms with Crippen molar-refractivity contribution in [2.75, 3.05) is 11.1 Å². The van der Waals surface area contributed by atoms with Gasteiger partial charge in [-0.05, 0) is 12.1 Å². The first kappa shape index (κ1) is 10.6. The summed E-state index contributed by atoms with van der Waals surface area (Å²) in [7, 11) is 0. The van der Waals surface area contributed by atoms with Crippen LogP contribution in [0.3, 0.4) is 0 Å². The zero-order valence-electron chi connectivity index (χ0n) is 8.11. The van der Waals surface area contributed by atoms with Crippen molar-refractivity contribution in [3.63, 3.8) is 0 Å². The third kappa shape index (κ3) is 2.20. The zero-order valence-corrected chi connectivity index (χ0v) is 8.87. The SMILES string of the molecule is Nc1cncc(Nc2c(F)cccc2Cl)n1. The summed E-state index contributed by atoms with van der Waals surface area (Å²) in [6.45, 7) is 0. The quantitative estimate of drug-likeness (QED) is 0.844. The predicted molar refractivity (Wildman–Crippen MR) is 61.1 cm³/mol. The summed E-state index contributed by atoms with van der Waals surface area (Å²) in [5, 5.41) is 2.99. The smallest absolute Gasteiger partial charge is 0.151 e. The number of rotatable bonds is 2. The summed E-state index contributed by atoms with van der Waals surface area (Å²) in [4.78, 5) is 7.75. The van der Waals surface area contributed by atoms with E-state index >= 15 is 0 Å². The van der Waals surface area contributed by atoms with Gasteiger partial charge in [0.15, 0.2) is 5.82 Å². The summed E-state index contributed by atoms with van der Waals surface area (Å²) in [5.74, 6) is 0.126. The molecule has 1 heterocycles. The molecular formula is C10H8ClFN4. The molecular weight excluding hydrogens is 231 g/mol. The van der Waals surface area contributed by atoms with E-state index in [1.807, 2.05) is 0 Å². The second-order valence-electron chi connectivity index (χ2n) is 3.05. The molecule has 0 aliphatic heterocycles. The second kappa shape index (κ2) is 4.32. The third-order valence-electron chi connectivity index (χ3n) is 1.87. The molecule has 0 radical (unpaired) electrons. The van der Waals surface area contributed by atoms with Crippen LogP contribution in [0.25, 0.3) is 0 Å². The molecule has 1 aromatic heterocycles. The first-order valence-corrected chi connectivity index (χ1v) is 4.83. The molecule has 0 aliphatic carbocycles. The first-order chi connectivity index (χ1) is 7.66. The fraction of sp³-hybridized carbons (Fsp3) is 0. The lowest BCUT2D eigenvalue weighted by Gasteiger charge is -2.08. The largest absolute Gasteiger partial charge is 0.382 e. The Balaban J connectivity index is 2.34. The Labute approximate surface area is 96.3 Å². The Morgan fingerprint density at radius 3 is 2.81 bits per heavy atom. The van der Waals surface area contributed by atoms with Crippen molar-refractivity contribution in [1.29, 1.82) is 0 Å². The van der Waals surface area contributed by atoms with Crippen molar-refractivity contribution in [3.05, 3.63) is 41.4 Å². The lowest BCUT2D eigenvalue weighted by atomic mass is 10.3. The number of hydrogen-bond donors (Lipinski definition) is 2. The van der Waals surface area contributed by atoms with E-state index in [0.717, 1.165) is 0 Å². The van der Waals surface area contributed by atoms with E-state index in [2.05, 4.69) is 15.3 Å². The number of anilines is 3. The van der Waals surface area contributed by atoms with E-state index in [9.17, 15) is 4.39 Å². The number of nitrogens with two attached hydrogens (primary N) is 1. The molecule has 0 saturated carbocycles. The van der Waals surface area contributed by atoms with Gasteiger partial charge in [-0.1, -0.05) is 17.7 Å². The minimum Gasteiger partial charge on any atom is -0.382 e. The summed E-state index contributed by atoms with van der Waals surface area (Å²) >= 11 is 5.84. The van der Waals surface area contributed by atoms with Gasteiger partial charge in [0, 0.05) is 0 Å². The van der Waals surface area contributed by atoms with Crippen LogP contribution in [0.15, 0.2) is 30.6 Å². The molecule has 0 spiro atoms. The van der Waals surface area contributed by atoms with Gasteiger partial charge in [-0.15, -0.1) is 0 Å². The van der Waals surface area contributed by atoms with Crippen molar-refractivity contribution in [1.82, 2.24) is 9.97 Å². The average Bonchev–Trinajstić information content (AvgIpc) is 2.24. The Bertz CT molecular complexity index is 498. The normalized spacial score (nSPS) is 10.1. The van der Waals surface area contributed by atoms with Gasteiger partial charge in [-0.25, -0.2) is 9.37 Å². The van der Waals surface area contributed by atoms with Crippen LogP contribution < -0.4 is 11.1 Å². The lowest BCUT2D eigenvalue weighted by Crippen LogP contribution is -2.00. The van der Waals surface area contributed by atoms with Crippen molar-refractivity contribution in [3.8, 4) is 0 Å². The van der Waals surface area contributed by atoms with Gasteiger partial charge >= 0.3 is 0 Å². The number of halogens is 2. The zero-order chi connectivity index (χ0) is 11.5. The van der Waals surface area contributed by atoms with Crippen molar-refractivity contribution < 1.29 is 4.39 Å². The minimum absolute atomic E-state index is 0.157. The minimum atomic E-state index is -0.461. The number of nitrogen functional groups attached to an aromatic ring is 1. The van der Waals surface area contributed by atoms with E-state index in [1.165, 1.54) is 24.5 Å². The highest BCUT2D eigenvalue weighted by atomic mass is 35.5. The van der Waals surface area contributed by atoms with Gasteiger partial charge in [0.05, 0.1) is 23.1 Å². The first-order valence-electron chi connectivity index (χ1n) is 4.45. The van der Waals surface area contributed by atoms with Gasteiger partial charge in [0.25, 0.3) is 0 Å². The van der Waals surface area contributed by atoms with E-state index in [0.29, 0.717) is 5.82 Å². The van der Waals surface area contributed by atoms with Crippen LogP contribution in [-0.4, -0.2) is 9.97 Å². The molecule has 0 bridgehead atoms. The highest BCUT2D eigenvalue weighted by molar-refractivity contribution is 6.33. The van der Waals surface area contributed by atoms with Gasteiger partial charge in [-0.3, -0.25) is 4.98 Å². The highest BCUT2D eigenvalue weighted by Gasteiger charge is 2.07. The van der Waals surface area contributed by atoms with Crippen LogP contribution in [0.2, 0.25) is 5.02 Å². The fourth-order valence-corrected chi connectivity index (χ4v) is 1.40. The lowest BCUT2D eigenvalue weighted by molar-refractivity contribution is 0.632.